The van der Waals surface area contributed by atoms with Crippen molar-refractivity contribution in [2.24, 2.45) is 0 Å². The molecular weight excluding hydrogens is 368 g/mol. The molecule has 0 bridgehead atoms. The molecule has 136 valence electrons. The van der Waals surface area contributed by atoms with Gasteiger partial charge in [-0.1, -0.05) is 29.8 Å². The number of esters is 1. The summed E-state index contributed by atoms with van der Waals surface area (Å²) in [7, 11) is 1.43. The van der Waals surface area contributed by atoms with Crippen molar-refractivity contribution in [2.45, 2.75) is 25.4 Å². The Labute approximate surface area is 161 Å². The third-order valence-electron chi connectivity index (χ3n) is 5.09. The van der Waals surface area contributed by atoms with Gasteiger partial charge in [-0.3, -0.25) is 4.90 Å². The van der Waals surface area contributed by atoms with Crippen molar-refractivity contribution in [1.29, 1.82) is 0 Å². The zero-order valence-corrected chi connectivity index (χ0v) is 16.2. The molecule has 0 spiro atoms. The summed E-state index contributed by atoms with van der Waals surface area (Å²) in [5.74, 6) is -0.269. The molecule has 6 heteroatoms. The number of carbonyl (C=O) groups excluding carboxylic acids is 1. The monoisotopic (exact) mass is 388 g/mol. The maximum atomic E-state index is 11.9. The Kier molecular flexibility index (Phi) is 5.02. The lowest BCUT2D eigenvalue weighted by atomic mass is 10.0. The van der Waals surface area contributed by atoms with Crippen molar-refractivity contribution in [2.75, 3.05) is 20.2 Å². The van der Waals surface area contributed by atoms with Gasteiger partial charge in [0, 0.05) is 46.8 Å². The minimum atomic E-state index is -0.269. The molecule has 0 saturated carbocycles. The highest BCUT2D eigenvalue weighted by Gasteiger charge is 2.24. The summed E-state index contributed by atoms with van der Waals surface area (Å²) in [6.07, 6.45) is 4.01. The van der Waals surface area contributed by atoms with Crippen molar-refractivity contribution in [3.05, 3.63) is 58.2 Å². The Morgan fingerprint density at radius 2 is 2.00 bits per heavy atom. The van der Waals surface area contributed by atoms with Gasteiger partial charge in [0.15, 0.2) is 0 Å². The number of hydrogen-bond donors (Lipinski definition) is 0. The number of aromatic nitrogens is 1. The summed E-state index contributed by atoms with van der Waals surface area (Å²) in [6, 6.07) is 12.4. The van der Waals surface area contributed by atoms with E-state index in [9.17, 15) is 4.79 Å². The Balaban J connectivity index is 1.43. The Morgan fingerprint density at radius 1 is 1.23 bits per heavy atom. The minimum Gasteiger partial charge on any atom is -0.464 e. The number of fused-ring (bicyclic) bond motifs is 1. The third-order valence-corrected chi connectivity index (χ3v) is 6.79. The SMILES string of the molecule is COC(=O)c1cccn1C1CCN(Cc2sc3ccccc3c2Cl)CC1. The van der Waals surface area contributed by atoms with Gasteiger partial charge in [0.2, 0.25) is 0 Å². The van der Waals surface area contributed by atoms with Crippen LogP contribution in [0.5, 0.6) is 0 Å². The van der Waals surface area contributed by atoms with Gasteiger partial charge < -0.3 is 9.30 Å². The molecule has 0 unspecified atom stereocenters. The maximum absolute atomic E-state index is 11.9. The van der Waals surface area contributed by atoms with Gasteiger partial charge in [-0.15, -0.1) is 11.3 Å². The van der Waals surface area contributed by atoms with Crippen LogP contribution in [0, 0.1) is 0 Å². The first-order chi connectivity index (χ1) is 12.7. The molecule has 1 saturated heterocycles. The average molecular weight is 389 g/mol. The summed E-state index contributed by atoms with van der Waals surface area (Å²) in [4.78, 5) is 15.6. The number of thiophene rings is 1. The average Bonchev–Trinajstić information content (AvgIpc) is 3.28. The second-order valence-corrected chi connectivity index (χ2v) is 8.15. The van der Waals surface area contributed by atoms with Crippen molar-refractivity contribution in [3.8, 4) is 0 Å². The molecule has 0 amide bonds. The molecule has 0 atom stereocenters. The Bertz CT molecular complexity index is 925. The first-order valence-electron chi connectivity index (χ1n) is 8.81. The van der Waals surface area contributed by atoms with Crippen LogP contribution in [-0.4, -0.2) is 35.6 Å². The molecule has 1 aliphatic heterocycles. The molecule has 3 heterocycles. The van der Waals surface area contributed by atoms with E-state index in [0.29, 0.717) is 11.7 Å². The van der Waals surface area contributed by atoms with Gasteiger partial charge in [0.1, 0.15) is 5.69 Å². The summed E-state index contributed by atoms with van der Waals surface area (Å²) in [6.45, 7) is 2.88. The Morgan fingerprint density at radius 3 is 2.73 bits per heavy atom. The minimum absolute atomic E-state index is 0.269. The smallest absolute Gasteiger partial charge is 0.354 e. The van der Waals surface area contributed by atoms with Gasteiger partial charge in [-0.25, -0.2) is 4.79 Å². The second-order valence-electron chi connectivity index (χ2n) is 6.63. The van der Waals surface area contributed by atoms with E-state index in [1.54, 1.807) is 11.3 Å². The van der Waals surface area contributed by atoms with Crippen LogP contribution in [0.3, 0.4) is 0 Å². The van der Waals surface area contributed by atoms with Crippen LogP contribution >= 0.6 is 22.9 Å². The highest BCUT2D eigenvalue weighted by Crippen LogP contribution is 2.36. The molecule has 2 aromatic heterocycles. The number of carbonyl (C=O) groups is 1. The van der Waals surface area contributed by atoms with Crippen molar-refractivity contribution >= 4 is 39.0 Å². The predicted molar refractivity (Wildman–Crippen MR) is 106 cm³/mol. The molecule has 0 radical (unpaired) electrons. The normalized spacial score (nSPS) is 16.2. The molecular formula is C20H21ClN2O2S. The van der Waals surface area contributed by atoms with Crippen molar-refractivity contribution in [3.63, 3.8) is 0 Å². The van der Waals surface area contributed by atoms with Crippen LogP contribution < -0.4 is 0 Å². The first kappa shape index (κ1) is 17.6. The van der Waals surface area contributed by atoms with Crippen LogP contribution in [0.1, 0.15) is 34.2 Å². The van der Waals surface area contributed by atoms with Crippen LogP contribution in [-0.2, 0) is 11.3 Å². The second kappa shape index (κ2) is 7.43. The largest absolute Gasteiger partial charge is 0.464 e. The summed E-state index contributed by atoms with van der Waals surface area (Å²) < 4.78 is 8.20. The molecule has 1 fully saturated rings. The van der Waals surface area contributed by atoms with Crippen LogP contribution in [0.4, 0.5) is 0 Å². The van der Waals surface area contributed by atoms with E-state index in [1.807, 2.05) is 24.4 Å². The van der Waals surface area contributed by atoms with E-state index < -0.39 is 0 Å². The first-order valence-corrected chi connectivity index (χ1v) is 10.00. The number of ether oxygens (including phenoxy) is 1. The number of piperidine rings is 1. The van der Waals surface area contributed by atoms with E-state index in [0.717, 1.165) is 42.9 Å². The summed E-state index contributed by atoms with van der Waals surface area (Å²) >= 11 is 8.37. The zero-order chi connectivity index (χ0) is 18.1. The maximum Gasteiger partial charge on any atom is 0.354 e. The van der Waals surface area contributed by atoms with Gasteiger partial charge in [-0.2, -0.15) is 0 Å². The number of methoxy groups -OCH3 is 1. The quantitative estimate of drug-likeness (QED) is 0.591. The van der Waals surface area contributed by atoms with Crippen molar-refractivity contribution < 1.29 is 9.53 Å². The van der Waals surface area contributed by atoms with E-state index in [-0.39, 0.29) is 5.97 Å². The lowest BCUT2D eigenvalue weighted by molar-refractivity contribution is 0.0581. The Hall–Kier alpha value is -1.82. The lowest BCUT2D eigenvalue weighted by Crippen LogP contribution is -2.34. The number of likely N-dealkylation sites (tertiary alicyclic amines) is 1. The number of nitrogens with zero attached hydrogens (tertiary/aromatic N) is 2. The van der Waals surface area contributed by atoms with E-state index in [4.69, 9.17) is 16.3 Å². The molecule has 4 nitrogen and oxygen atoms in total. The molecule has 26 heavy (non-hydrogen) atoms. The molecule has 3 aromatic rings. The van der Waals surface area contributed by atoms with Gasteiger partial charge in [-0.05, 0) is 31.0 Å². The van der Waals surface area contributed by atoms with Gasteiger partial charge >= 0.3 is 5.97 Å². The number of hydrogen-bond acceptors (Lipinski definition) is 4. The molecule has 1 aliphatic rings. The molecule has 4 rings (SSSR count). The summed E-state index contributed by atoms with van der Waals surface area (Å²) in [5.41, 5.74) is 0.638. The lowest BCUT2D eigenvalue weighted by Gasteiger charge is -2.33. The number of halogens is 1. The third kappa shape index (κ3) is 3.27. The van der Waals surface area contributed by atoms with E-state index in [1.165, 1.54) is 16.7 Å². The fourth-order valence-electron chi connectivity index (χ4n) is 3.71. The fourth-order valence-corrected chi connectivity index (χ4v) is 5.25. The van der Waals surface area contributed by atoms with Crippen LogP contribution in [0.15, 0.2) is 42.6 Å². The topological polar surface area (TPSA) is 34.5 Å². The predicted octanol–water partition coefficient (Wildman–Crippen LogP) is 4.98. The zero-order valence-electron chi connectivity index (χ0n) is 14.7. The highest BCUT2D eigenvalue weighted by atomic mass is 35.5. The standard InChI is InChI=1S/C20H21ClN2O2S/c1-25-20(24)16-6-4-10-23(16)14-8-11-22(12-9-14)13-18-19(21)15-5-2-3-7-17(15)26-18/h2-7,10,14H,8-9,11-13H2,1H3. The van der Waals surface area contributed by atoms with Gasteiger partial charge in [0.25, 0.3) is 0 Å². The molecule has 1 aromatic carbocycles. The van der Waals surface area contributed by atoms with Crippen molar-refractivity contribution in [1.82, 2.24) is 9.47 Å². The fraction of sp³-hybridized carbons (Fsp3) is 0.350. The van der Waals surface area contributed by atoms with E-state index >= 15 is 0 Å². The number of benzene rings is 1. The summed E-state index contributed by atoms with van der Waals surface area (Å²) in [5, 5.41) is 2.05. The van der Waals surface area contributed by atoms with Gasteiger partial charge in [0.05, 0.1) is 12.1 Å². The van der Waals surface area contributed by atoms with E-state index in [2.05, 4.69) is 27.7 Å². The highest BCUT2D eigenvalue weighted by molar-refractivity contribution is 7.19. The number of rotatable bonds is 4. The van der Waals surface area contributed by atoms with Crippen LogP contribution in [0.25, 0.3) is 10.1 Å². The molecule has 0 N–H and O–H groups in total. The van der Waals surface area contributed by atoms with Crippen LogP contribution in [0.2, 0.25) is 5.02 Å². The molecule has 0 aliphatic carbocycles.